The van der Waals surface area contributed by atoms with Crippen LogP contribution in [-0.4, -0.2) is 37.2 Å². The van der Waals surface area contributed by atoms with Gasteiger partial charge in [-0.1, -0.05) is 328 Å². The fourth-order valence-electron chi connectivity index (χ4n) is 10.7. The first-order valence-corrected chi connectivity index (χ1v) is 34.8. The Bertz CT molecular complexity index is 1240. The molecule has 0 radical (unpaired) electrons. The van der Waals surface area contributed by atoms with E-state index in [9.17, 15) is 14.4 Å². The van der Waals surface area contributed by atoms with Gasteiger partial charge in [0.15, 0.2) is 6.10 Å². The van der Waals surface area contributed by atoms with Gasteiger partial charge in [0.2, 0.25) is 0 Å². The Morgan fingerprint density at radius 1 is 0.247 bits per heavy atom. The zero-order valence-electron chi connectivity index (χ0n) is 52.3. The van der Waals surface area contributed by atoms with Crippen molar-refractivity contribution in [3.05, 3.63) is 24.3 Å². The fourth-order valence-corrected chi connectivity index (χ4v) is 10.7. The maximum absolute atomic E-state index is 12.9. The molecule has 0 N–H and O–H groups in total. The van der Waals surface area contributed by atoms with E-state index in [2.05, 4.69) is 45.1 Å². The van der Waals surface area contributed by atoms with E-state index in [4.69, 9.17) is 14.2 Å². The number of rotatable bonds is 65. The van der Waals surface area contributed by atoms with E-state index >= 15 is 0 Å². The lowest BCUT2D eigenvalue weighted by atomic mass is 10.0. The van der Waals surface area contributed by atoms with Crippen LogP contribution in [0.3, 0.4) is 0 Å². The van der Waals surface area contributed by atoms with Crippen molar-refractivity contribution >= 4 is 17.9 Å². The molecule has 77 heavy (non-hydrogen) atoms. The second-order valence-corrected chi connectivity index (χ2v) is 23.8. The number of allylic oxidation sites excluding steroid dienone is 4. The molecule has 0 amide bonds. The fraction of sp³-hybridized carbons (Fsp3) is 0.901. The SMILES string of the molecule is CCCCCCCC/C=C\CCCCCCCCCC(=O)OC(COC(=O)CCCCCCC/C=C\CCCCCCCC)COC(=O)CCCCCCCCCCCCCCCCCCCCCCCCCCCCC. The molecule has 0 aromatic rings. The first-order valence-electron chi connectivity index (χ1n) is 34.8. The summed E-state index contributed by atoms with van der Waals surface area (Å²) in [5, 5.41) is 0. The van der Waals surface area contributed by atoms with Gasteiger partial charge in [-0.05, 0) is 70.6 Å². The second kappa shape index (κ2) is 66.4. The summed E-state index contributed by atoms with van der Waals surface area (Å²) in [5.74, 6) is -0.855. The second-order valence-electron chi connectivity index (χ2n) is 23.8. The minimum absolute atomic E-state index is 0.0704. The summed E-state index contributed by atoms with van der Waals surface area (Å²) in [6, 6.07) is 0. The normalized spacial score (nSPS) is 12.1. The highest BCUT2D eigenvalue weighted by atomic mass is 16.6. The maximum atomic E-state index is 12.9. The third kappa shape index (κ3) is 64.6. The molecule has 0 aliphatic heterocycles. The quantitative estimate of drug-likeness (QED) is 0.0261. The minimum atomic E-state index is -0.775. The van der Waals surface area contributed by atoms with Gasteiger partial charge >= 0.3 is 17.9 Å². The number of hydrogen-bond donors (Lipinski definition) is 0. The standard InChI is InChI=1S/C71H134O6/c1-4-7-10-13-16-19-22-25-28-30-31-32-33-34-35-36-37-38-39-41-43-46-49-52-55-58-61-64-70(73)76-67-68(66-75-69(72)63-60-57-54-51-48-45-42-27-24-21-18-15-12-9-6-3)77-71(74)65-62-59-56-53-50-47-44-40-29-26-23-20-17-14-11-8-5-2/h26-27,29,42,68H,4-25,28,30-41,43-67H2,1-3H3/b29-26-,42-27-. The number of carbonyl (C=O) groups is 3. The van der Waals surface area contributed by atoms with Gasteiger partial charge in [-0.15, -0.1) is 0 Å². The van der Waals surface area contributed by atoms with Gasteiger partial charge in [-0.2, -0.15) is 0 Å². The van der Waals surface area contributed by atoms with Crippen LogP contribution in [0.4, 0.5) is 0 Å². The molecule has 1 unspecified atom stereocenters. The van der Waals surface area contributed by atoms with E-state index < -0.39 is 6.10 Å². The third-order valence-electron chi connectivity index (χ3n) is 15.9. The van der Waals surface area contributed by atoms with Crippen molar-refractivity contribution < 1.29 is 28.6 Å². The van der Waals surface area contributed by atoms with Crippen LogP contribution in [-0.2, 0) is 28.6 Å². The highest BCUT2D eigenvalue weighted by Crippen LogP contribution is 2.18. The van der Waals surface area contributed by atoms with Crippen LogP contribution in [0.2, 0.25) is 0 Å². The molecule has 0 saturated heterocycles. The van der Waals surface area contributed by atoms with Crippen molar-refractivity contribution in [2.24, 2.45) is 0 Å². The van der Waals surface area contributed by atoms with Crippen LogP contribution >= 0.6 is 0 Å². The average Bonchev–Trinajstić information content (AvgIpc) is 3.43. The van der Waals surface area contributed by atoms with E-state index in [0.717, 1.165) is 64.2 Å². The largest absolute Gasteiger partial charge is 0.462 e. The summed E-state index contributed by atoms with van der Waals surface area (Å²) in [5.41, 5.74) is 0. The van der Waals surface area contributed by atoms with Crippen molar-refractivity contribution in [3.8, 4) is 0 Å². The van der Waals surface area contributed by atoms with Gasteiger partial charge < -0.3 is 14.2 Å². The van der Waals surface area contributed by atoms with E-state index in [-0.39, 0.29) is 31.1 Å². The number of ether oxygens (including phenoxy) is 3. The van der Waals surface area contributed by atoms with Gasteiger partial charge in [-0.25, -0.2) is 0 Å². The zero-order chi connectivity index (χ0) is 55.7. The predicted octanol–water partition coefficient (Wildman–Crippen LogP) is 23.8. The van der Waals surface area contributed by atoms with Crippen molar-refractivity contribution in [1.82, 2.24) is 0 Å². The Kier molecular flexibility index (Phi) is 64.6. The van der Waals surface area contributed by atoms with Crippen molar-refractivity contribution in [2.45, 2.75) is 399 Å². The van der Waals surface area contributed by atoms with E-state index in [1.165, 1.54) is 289 Å². The van der Waals surface area contributed by atoms with Crippen molar-refractivity contribution in [1.29, 1.82) is 0 Å². The highest BCUT2D eigenvalue weighted by molar-refractivity contribution is 5.71. The van der Waals surface area contributed by atoms with Crippen molar-refractivity contribution in [3.63, 3.8) is 0 Å². The van der Waals surface area contributed by atoms with Gasteiger partial charge in [0, 0.05) is 19.3 Å². The molecule has 0 aromatic carbocycles. The van der Waals surface area contributed by atoms with Crippen LogP contribution in [0.5, 0.6) is 0 Å². The van der Waals surface area contributed by atoms with E-state index in [1.54, 1.807) is 0 Å². The summed E-state index contributed by atoms with van der Waals surface area (Å²) in [7, 11) is 0. The van der Waals surface area contributed by atoms with E-state index in [0.29, 0.717) is 19.3 Å². The first kappa shape index (κ1) is 74.9. The monoisotopic (exact) mass is 1080 g/mol. The van der Waals surface area contributed by atoms with Crippen LogP contribution in [0.25, 0.3) is 0 Å². The Hall–Kier alpha value is -2.11. The zero-order valence-corrected chi connectivity index (χ0v) is 52.3. The number of carbonyl (C=O) groups excluding carboxylic acids is 3. The molecule has 6 heteroatoms. The molecule has 454 valence electrons. The summed E-state index contributed by atoms with van der Waals surface area (Å²) < 4.78 is 17.0. The Balaban J connectivity index is 4.22. The molecule has 0 heterocycles. The molecule has 0 spiro atoms. The first-order chi connectivity index (χ1) is 38.0. The molecule has 0 bridgehead atoms. The number of esters is 3. The van der Waals surface area contributed by atoms with Crippen LogP contribution in [0, 0.1) is 0 Å². The van der Waals surface area contributed by atoms with E-state index in [1.807, 2.05) is 0 Å². The van der Waals surface area contributed by atoms with Gasteiger partial charge in [0.25, 0.3) is 0 Å². The molecule has 0 aliphatic carbocycles. The van der Waals surface area contributed by atoms with Crippen LogP contribution in [0.15, 0.2) is 24.3 Å². The van der Waals surface area contributed by atoms with Crippen molar-refractivity contribution in [2.75, 3.05) is 13.2 Å². The number of unbranched alkanes of at least 4 members (excludes halogenated alkanes) is 50. The molecular formula is C71H134O6. The topological polar surface area (TPSA) is 78.9 Å². The van der Waals surface area contributed by atoms with Gasteiger partial charge in [0.05, 0.1) is 0 Å². The average molecular weight is 1080 g/mol. The number of hydrogen-bond acceptors (Lipinski definition) is 6. The molecular weight excluding hydrogens is 949 g/mol. The smallest absolute Gasteiger partial charge is 0.306 e. The summed E-state index contributed by atoms with van der Waals surface area (Å²) in [4.78, 5) is 38.4. The molecule has 0 saturated carbocycles. The third-order valence-corrected chi connectivity index (χ3v) is 15.9. The molecule has 1 atom stereocenters. The molecule has 0 rings (SSSR count). The summed E-state index contributed by atoms with van der Waals surface area (Å²) in [6.07, 6.45) is 80.6. The lowest BCUT2D eigenvalue weighted by molar-refractivity contribution is -0.167. The van der Waals surface area contributed by atoms with Gasteiger partial charge in [0.1, 0.15) is 13.2 Å². The molecule has 0 fully saturated rings. The Morgan fingerprint density at radius 3 is 0.649 bits per heavy atom. The molecule has 0 aliphatic rings. The highest BCUT2D eigenvalue weighted by Gasteiger charge is 2.19. The Morgan fingerprint density at radius 2 is 0.429 bits per heavy atom. The Labute approximate surface area is 481 Å². The van der Waals surface area contributed by atoms with Crippen LogP contribution in [0.1, 0.15) is 393 Å². The summed E-state index contributed by atoms with van der Waals surface area (Å²) >= 11 is 0. The minimum Gasteiger partial charge on any atom is -0.462 e. The predicted molar refractivity (Wildman–Crippen MR) is 335 cm³/mol. The van der Waals surface area contributed by atoms with Crippen LogP contribution < -0.4 is 0 Å². The molecule has 6 nitrogen and oxygen atoms in total. The lowest BCUT2D eigenvalue weighted by Gasteiger charge is -2.18. The maximum Gasteiger partial charge on any atom is 0.306 e. The molecule has 0 aromatic heterocycles. The lowest BCUT2D eigenvalue weighted by Crippen LogP contribution is -2.30. The summed E-state index contributed by atoms with van der Waals surface area (Å²) in [6.45, 7) is 6.70. The van der Waals surface area contributed by atoms with Gasteiger partial charge in [-0.3, -0.25) is 14.4 Å².